The first-order valence-electron chi connectivity index (χ1n) is 5.86. The van der Waals surface area contributed by atoms with Crippen LogP contribution in [0.2, 0.25) is 0 Å². The summed E-state index contributed by atoms with van der Waals surface area (Å²) in [7, 11) is 0. The molecule has 0 saturated heterocycles. The third kappa shape index (κ3) is 2.84. The average molecular weight is 232 g/mol. The summed E-state index contributed by atoms with van der Waals surface area (Å²) in [6.45, 7) is 1.74. The lowest BCUT2D eigenvalue weighted by Crippen LogP contribution is -2.42. The van der Waals surface area contributed by atoms with Crippen LogP contribution in [0.5, 0.6) is 0 Å². The first-order valence-corrected chi connectivity index (χ1v) is 5.86. The highest BCUT2D eigenvalue weighted by Gasteiger charge is 2.43. The summed E-state index contributed by atoms with van der Waals surface area (Å²) in [5.74, 6) is 0.0280. The second-order valence-electron chi connectivity index (χ2n) is 4.25. The van der Waals surface area contributed by atoms with Gasteiger partial charge in [-0.3, -0.25) is 20.4 Å². The van der Waals surface area contributed by atoms with Crippen molar-refractivity contribution in [1.82, 2.24) is 10.9 Å². The van der Waals surface area contributed by atoms with E-state index in [9.17, 15) is 9.59 Å². The fraction of sp³-hybridized carbons (Fsp3) is 0.385. The minimum atomic E-state index is -0.171. The van der Waals surface area contributed by atoms with Crippen LogP contribution in [-0.2, 0) is 9.59 Å². The number of hydrogen-bond acceptors (Lipinski definition) is 2. The van der Waals surface area contributed by atoms with Crippen LogP contribution in [-0.4, -0.2) is 11.8 Å². The summed E-state index contributed by atoms with van der Waals surface area (Å²) in [5.41, 5.74) is 6.03. The minimum Gasteiger partial charge on any atom is -0.273 e. The predicted molar refractivity (Wildman–Crippen MR) is 63.9 cm³/mol. The standard InChI is InChI=1S/C13H16N2O2/c1-2-12(16)14-15-13(17)11-8-10(11)9-6-4-3-5-7-9/h3-7,10-11H,2,8H2,1H3,(H,14,16)(H,15,17)/t10-,11-/m0/s1. The Labute approximate surface area is 100 Å². The van der Waals surface area contributed by atoms with E-state index in [0.29, 0.717) is 12.3 Å². The van der Waals surface area contributed by atoms with Crippen LogP contribution in [0.1, 0.15) is 31.2 Å². The Morgan fingerprint density at radius 2 is 1.94 bits per heavy atom. The monoisotopic (exact) mass is 232 g/mol. The Bertz CT molecular complexity index is 417. The van der Waals surface area contributed by atoms with Gasteiger partial charge in [-0.1, -0.05) is 37.3 Å². The molecule has 0 spiro atoms. The van der Waals surface area contributed by atoms with Gasteiger partial charge in [0.15, 0.2) is 0 Å². The Morgan fingerprint density at radius 3 is 2.59 bits per heavy atom. The van der Waals surface area contributed by atoms with Gasteiger partial charge < -0.3 is 0 Å². The zero-order chi connectivity index (χ0) is 12.3. The summed E-state index contributed by atoms with van der Waals surface area (Å²) in [6.07, 6.45) is 1.23. The molecule has 2 rings (SSSR count). The molecule has 2 atom stereocenters. The third-order valence-corrected chi connectivity index (χ3v) is 3.00. The van der Waals surface area contributed by atoms with Gasteiger partial charge in [0.1, 0.15) is 0 Å². The Balaban J connectivity index is 1.83. The van der Waals surface area contributed by atoms with Crippen molar-refractivity contribution in [3.63, 3.8) is 0 Å². The van der Waals surface area contributed by atoms with Gasteiger partial charge >= 0.3 is 0 Å². The molecule has 1 saturated carbocycles. The molecule has 1 aliphatic rings. The highest BCUT2D eigenvalue weighted by atomic mass is 16.2. The van der Waals surface area contributed by atoms with E-state index in [1.807, 2.05) is 30.3 Å². The molecule has 0 bridgehead atoms. The number of hydrogen-bond donors (Lipinski definition) is 2. The predicted octanol–water partition coefficient (Wildman–Crippen LogP) is 1.35. The van der Waals surface area contributed by atoms with Crippen LogP contribution in [0.25, 0.3) is 0 Å². The van der Waals surface area contributed by atoms with Crippen LogP contribution < -0.4 is 10.9 Å². The molecule has 1 aromatic carbocycles. The highest BCUT2D eigenvalue weighted by molar-refractivity contribution is 5.85. The Kier molecular flexibility index (Phi) is 3.42. The maximum Gasteiger partial charge on any atom is 0.242 e. The number of rotatable bonds is 3. The van der Waals surface area contributed by atoms with Gasteiger partial charge in [-0.05, 0) is 17.9 Å². The van der Waals surface area contributed by atoms with Crippen molar-refractivity contribution in [2.24, 2.45) is 5.92 Å². The van der Waals surface area contributed by atoms with Gasteiger partial charge in [-0.25, -0.2) is 0 Å². The number of carbonyl (C=O) groups excluding carboxylic acids is 2. The van der Waals surface area contributed by atoms with E-state index in [2.05, 4.69) is 10.9 Å². The number of carbonyl (C=O) groups is 2. The van der Waals surface area contributed by atoms with Gasteiger partial charge in [0.05, 0.1) is 0 Å². The molecule has 2 N–H and O–H groups in total. The molecule has 1 aliphatic carbocycles. The normalized spacial score (nSPS) is 21.7. The zero-order valence-electron chi connectivity index (χ0n) is 9.77. The van der Waals surface area contributed by atoms with Crippen LogP contribution in [0, 0.1) is 5.92 Å². The van der Waals surface area contributed by atoms with Crippen molar-refractivity contribution in [3.05, 3.63) is 35.9 Å². The number of hydrazine groups is 1. The van der Waals surface area contributed by atoms with Crippen molar-refractivity contribution < 1.29 is 9.59 Å². The van der Waals surface area contributed by atoms with Gasteiger partial charge in [0.25, 0.3) is 0 Å². The summed E-state index contributed by atoms with van der Waals surface area (Å²) < 4.78 is 0. The van der Waals surface area contributed by atoms with E-state index in [4.69, 9.17) is 0 Å². The summed E-state index contributed by atoms with van der Waals surface area (Å²) in [4.78, 5) is 22.7. The molecule has 0 radical (unpaired) electrons. The second-order valence-corrected chi connectivity index (χ2v) is 4.25. The second kappa shape index (κ2) is 4.99. The lowest BCUT2D eigenvalue weighted by Gasteiger charge is -2.05. The Hall–Kier alpha value is -1.84. The van der Waals surface area contributed by atoms with Gasteiger partial charge in [-0.2, -0.15) is 0 Å². The van der Waals surface area contributed by atoms with E-state index in [-0.39, 0.29) is 17.7 Å². The maximum atomic E-state index is 11.7. The molecule has 0 heterocycles. The van der Waals surface area contributed by atoms with E-state index in [0.717, 1.165) is 6.42 Å². The highest BCUT2D eigenvalue weighted by Crippen LogP contribution is 2.47. The van der Waals surface area contributed by atoms with Gasteiger partial charge in [0, 0.05) is 12.3 Å². The number of nitrogens with one attached hydrogen (secondary N) is 2. The lowest BCUT2D eigenvalue weighted by molar-refractivity contribution is -0.129. The summed E-state index contributed by atoms with van der Waals surface area (Å²) in [5, 5.41) is 0. The van der Waals surface area contributed by atoms with Crippen molar-refractivity contribution in [2.75, 3.05) is 0 Å². The molecule has 1 fully saturated rings. The van der Waals surface area contributed by atoms with E-state index >= 15 is 0 Å². The molecule has 2 amide bonds. The average Bonchev–Trinajstić information content (AvgIpc) is 3.17. The SMILES string of the molecule is CCC(=O)NNC(=O)[C@H]1C[C@H]1c1ccccc1. The van der Waals surface area contributed by atoms with Crippen LogP contribution in [0.4, 0.5) is 0 Å². The maximum absolute atomic E-state index is 11.7. The molecular formula is C13H16N2O2. The van der Waals surface area contributed by atoms with E-state index in [1.54, 1.807) is 6.92 Å². The van der Waals surface area contributed by atoms with Crippen molar-refractivity contribution in [1.29, 1.82) is 0 Å². The van der Waals surface area contributed by atoms with Crippen molar-refractivity contribution in [3.8, 4) is 0 Å². The van der Waals surface area contributed by atoms with Crippen molar-refractivity contribution in [2.45, 2.75) is 25.7 Å². The van der Waals surface area contributed by atoms with Gasteiger partial charge in [0.2, 0.25) is 11.8 Å². The fourth-order valence-corrected chi connectivity index (χ4v) is 1.87. The Morgan fingerprint density at radius 1 is 1.24 bits per heavy atom. The molecule has 90 valence electrons. The quantitative estimate of drug-likeness (QED) is 0.773. The topological polar surface area (TPSA) is 58.2 Å². The molecule has 17 heavy (non-hydrogen) atoms. The van der Waals surface area contributed by atoms with Crippen LogP contribution >= 0.6 is 0 Å². The first-order chi connectivity index (χ1) is 8.22. The molecule has 1 aromatic rings. The molecule has 0 aromatic heterocycles. The summed E-state index contributed by atoms with van der Waals surface area (Å²) in [6, 6.07) is 9.97. The molecular weight excluding hydrogens is 216 g/mol. The van der Waals surface area contributed by atoms with Crippen LogP contribution in [0.3, 0.4) is 0 Å². The fourth-order valence-electron chi connectivity index (χ4n) is 1.87. The lowest BCUT2D eigenvalue weighted by atomic mass is 10.1. The largest absolute Gasteiger partial charge is 0.273 e. The molecule has 0 unspecified atom stereocenters. The molecule has 4 heteroatoms. The summed E-state index contributed by atoms with van der Waals surface area (Å²) >= 11 is 0. The molecule has 4 nitrogen and oxygen atoms in total. The van der Waals surface area contributed by atoms with Crippen molar-refractivity contribution >= 4 is 11.8 Å². The first kappa shape index (κ1) is 11.6. The van der Waals surface area contributed by atoms with E-state index in [1.165, 1.54) is 5.56 Å². The van der Waals surface area contributed by atoms with E-state index < -0.39 is 0 Å². The zero-order valence-corrected chi connectivity index (χ0v) is 9.77. The van der Waals surface area contributed by atoms with Gasteiger partial charge in [-0.15, -0.1) is 0 Å². The third-order valence-electron chi connectivity index (χ3n) is 3.00. The minimum absolute atomic E-state index is 0.00504. The number of benzene rings is 1. The molecule has 0 aliphatic heterocycles. The number of amides is 2. The van der Waals surface area contributed by atoms with Crippen LogP contribution in [0.15, 0.2) is 30.3 Å². The smallest absolute Gasteiger partial charge is 0.242 e.